The van der Waals surface area contributed by atoms with Gasteiger partial charge >= 0.3 is 0 Å². The van der Waals surface area contributed by atoms with Gasteiger partial charge in [-0.1, -0.05) is 6.07 Å². The fourth-order valence-electron chi connectivity index (χ4n) is 2.16. The number of pyridine rings is 1. The van der Waals surface area contributed by atoms with Gasteiger partial charge in [-0.2, -0.15) is 0 Å². The van der Waals surface area contributed by atoms with Crippen LogP contribution in [0.4, 0.5) is 0 Å². The van der Waals surface area contributed by atoms with Gasteiger partial charge in [0.25, 0.3) is 0 Å². The van der Waals surface area contributed by atoms with E-state index in [1.54, 1.807) is 18.1 Å². The van der Waals surface area contributed by atoms with Gasteiger partial charge in [0.1, 0.15) is 0 Å². The molecular formula is C14H21ClN4O2. The quantitative estimate of drug-likeness (QED) is 0.801. The molecule has 1 aromatic rings. The SMILES string of the molecule is CN1CCNC(CC(=O)NCCc2ccccn2)C1=O.Cl. The lowest BCUT2D eigenvalue weighted by molar-refractivity contribution is -0.136. The number of hydrogen-bond acceptors (Lipinski definition) is 4. The van der Waals surface area contributed by atoms with E-state index in [9.17, 15) is 9.59 Å². The van der Waals surface area contributed by atoms with Gasteiger partial charge in [0, 0.05) is 45.0 Å². The van der Waals surface area contributed by atoms with Crippen molar-refractivity contribution in [2.45, 2.75) is 18.9 Å². The van der Waals surface area contributed by atoms with Crippen molar-refractivity contribution in [1.82, 2.24) is 20.5 Å². The number of likely N-dealkylation sites (N-methyl/N-ethyl adjacent to an activating group) is 1. The summed E-state index contributed by atoms with van der Waals surface area (Å²) in [6.45, 7) is 1.96. The summed E-state index contributed by atoms with van der Waals surface area (Å²) < 4.78 is 0. The molecule has 21 heavy (non-hydrogen) atoms. The number of aromatic nitrogens is 1. The smallest absolute Gasteiger partial charge is 0.240 e. The van der Waals surface area contributed by atoms with E-state index in [1.165, 1.54) is 0 Å². The highest BCUT2D eigenvalue weighted by Gasteiger charge is 2.27. The van der Waals surface area contributed by atoms with Crippen molar-refractivity contribution in [3.63, 3.8) is 0 Å². The normalized spacial score (nSPS) is 18.0. The molecule has 0 aromatic carbocycles. The van der Waals surface area contributed by atoms with Crippen LogP contribution in [-0.2, 0) is 16.0 Å². The number of halogens is 1. The molecule has 1 unspecified atom stereocenters. The topological polar surface area (TPSA) is 74.3 Å². The van der Waals surface area contributed by atoms with Crippen molar-refractivity contribution >= 4 is 24.2 Å². The van der Waals surface area contributed by atoms with E-state index in [4.69, 9.17) is 0 Å². The largest absolute Gasteiger partial charge is 0.356 e. The monoisotopic (exact) mass is 312 g/mol. The van der Waals surface area contributed by atoms with Crippen LogP contribution in [0.2, 0.25) is 0 Å². The lowest BCUT2D eigenvalue weighted by Gasteiger charge is -2.29. The van der Waals surface area contributed by atoms with Gasteiger partial charge < -0.3 is 15.5 Å². The number of amides is 2. The van der Waals surface area contributed by atoms with Crippen molar-refractivity contribution < 1.29 is 9.59 Å². The number of nitrogens with one attached hydrogen (secondary N) is 2. The second-order valence-corrected chi connectivity index (χ2v) is 4.89. The zero-order chi connectivity index (χ0) is 14.4. The van der Waals surface area contributed by atoms with Gasteiger partial charge in [-0.05, 0) is 12.1 Å². The molecule has 2 N–H and O–H groups in total. The first kappa shape index (κ1) is 17.4. The highest BCUT2D eigenvalue weighted by Crippen LogP contribution is 2.02. The van der Waals surface area contributed by atoms with Crippen LogP contribution in [0, 0.1) is 0 Å². The third-order valence-corrected chi connectivity index (χ3v) is 3.33. The third-order valence-electron chi connectivity index (χ3n) is 3.33. The van der Waals surface area contributed by atoms with Gasteiger partial charge in [0.15, 0.2) is 0 Å². The molecule has 2 amide bonds. The van der Waals surface area contributed by atoms with Crippen molar-refractivity contribution in [2.75, 3.05) is 26.7 Å². The number of hydrogen-bond donors (Lipinski definition) is 2. The van der Waals surface area contributed by atoms with Crippen LogP contribution < -0.4 is 10.6 Å². The van der Waals surface area contributed by atoms with E-state index >= 15 is 0 Å². The summed E-state index contributed by atoms with van der Waals surface area (Å²) in [5, 5.41) is 5.90. The fraction of sp³-hybridized carbons (Fsp3) is 0.500. The first-order valence-corrected chi connectivity index (χ1v) is 6.82. The first-order valence-electron chi connectivity index (χ1n) is 6.82. The van der Waals surface area contributed by atoms with Crippen LogP contribution in [0.5, 0.6) is 0 Å². The molecule has 1 aliphatic rings. The Morgan fingerprint density at radius 3 is 3.05 bits per heavy atom. The summed E-state index contributed by atoms with van der Waals surface area (Å²) in [4.78, 5) is 29.5. The maximum atomic E-state index is 11.8. The average molecular weight is 313 g/mol. The van der Waals surface area contributed by atoms with Crippen molar-refractivity contribution in [2.24, 2.45) is 0 Å². The van der Waals surface area contributed by atoms with Crippen LogP contribution in [0.1, 0.15) is 12.1 Å². The number of rotatable bonds is 5. The van der Waals surface area contributed by atoms with Crippen LogP contribution >= 0.6 is 12.4 Å². The standard InChI is InChI=1S/C14H20N4O2.ClH/c1-18-9-8-16-12(14(18)20)10-13(19)17-7-5-11-4-2-3-6-15-11;/h2-4,6,12,16H,5,7-10H2,1H3,(H,17,19);1H. The molecule has 2 heterocycles. The second-order valence-electron chi connectivity index (χ2n) is 4.89. The molecule has 2 rings (SSSR count). The van der Waals surface area contributed by atoms with E-state index in [-0.39, 0.29) is 30.6 Å². The van der Waals surface area contributed by atoms with E-state index in [0.717, 1.165) is 12.2 Å². The zero-order valence-corrected chi connectivity index (χ0v) is 12.9. The summed E-state index contributed by atoms with van der Waals surface area (Å²) in [6, 6.07) is 5.31. The minimum Gasteiger partial charge on any atom is -0.356 e. The molecule has 1 saturated heterocycles. The van der Waals surface area contributed by atoms with E-state index in [2.05, 4.69) is 15.6 Å². The molecule has 1 aliphatic heterocycles. The molecule has 0 saturated carbocycles. The minimum absolute atomic E-state index is 0. The summed E-state index contributed by atoms with van der Waals surface area (Å²) in [5.41, 5.74) is 0.944. The lowest BCUT2D eigenvalue weighted by Crippen LogP contribution is -2.54. The molecule has 0 bridgehead atoms. The van der Waals surface area contributed by atoms with E-state index in [1.807, 2.05) is 18.2 Å². The number of carbonyl (C=O) groups is 2. The van der Waals surface area contributed by atoms with Crippen LogP contribution in [0.25, 0.3) is 0 Å². The number of piperazine rings is 1. The zero-order valence-electron chi connectivity index (χ0n) is 12.0. The molecule has 1 fully saturated rings. The van der Waals surface area contributed by atoms with Crippen LogP contribution in [-0.4, -0.2) is 54.4 Å². The van der Waals surface area contributed by atoms with Gasteiger partial charge in [0.2, 0.25) is 11.8 Å². The Hall–Kier alpha value is -1.66. The number of carbonyl (C=O) groups excluding carboxylic acids is 2. The highest BCUT2D eigenvalue weighted by atomic mass is 35.5. The van der Waals surface area contributed by atoms with Gasteiger partial charge in [-0.3, -0.25) is 14.6 Å². The highest BCUT2D eigenvalue weighted by molar-refractivity contribution is 5.88. The Morgan fingerprint density at radius 2 is 2.33 bits per heavy atom. The summed E-state index contributed by atoms with van der Waals surface area (Å²) in [7, 11) is 1.76. The first-order chi connectivity index (χ1) is 9.66. The molecule has 6 nitrogen and oxygen atoms in total. The summed E-state index contributed by atoms with van der Waals surface area (Å²) >= 11 is 0. The van der Waals surface area contributed by atoms with Crippen LogP contribution in [0.3, 0.4) is 0 Å². The van der Waals surface area contributed by atoms with E-state index in [0.29, 0.717) is 19.5 Å². The van der Waals surface area contributed by atoms with Gasteiger partial charge in [-0.25, -0.2) is 0 Å². The fourth-order valence-corrected chi connectivity index (χ4v) is 2.16. The third kappa shape index (κ3) is 5.32. The Bertz CT molecular complexity index is 469. The van der Waals surface area contributed by atoms with E-state index < -0.39 is 6.04 Å². The molecule has 0 spiro atoms. The molecule has 1 aromatic heterocycles. The summed E-state index contributed by atoms with van der Waals surface area (Å²) in [6.07, 6.45) is 2.61. The average Bonchev–Trinajstić information content (AvgIpc) is 2.45. The maximum absolute atomic E-state index is 11.8. The number of nitrogens with zero attached hydrogens (tertiary/aromatic N) is 2. The predicted octanol–water partition coefficient (Wildman–Crippen LogP) is -0.0176. The Labute approximate surface area is 130 Å². The molecule has 7 heteroatoms. The van der Waals surface area contributed by atoms with Crippen molar-refractivity contribution in [1.29, 1.82) is 0 Å². The molecular weight excluding hydrogens is 292 g/mol. The molecule has 1 atom stereocenters. The maximum Gasteiger partial charge on any atom is 0.240 e. The second kappa shape index (κ2) is 8.59. The lowest BCUT2D eigenvalue weighted by atomic mass is 10.1. The van der Waals surface area contributed by atoms with Crippen molar-refractivity contribution in [3.8, 4) is 0 Å². The summed E-state index contributed by atoms with van der Waals surface area (Å²) in [5.74, 6) is -0.127. The Kier molecular flexibility index (Phi) is 7.11. The molecule has 0 aliphatic carbocycles. The Balaban J connectivity index is 0.00000220. The van der Waals surface area contributed by atoms with Crippen LogP contribution in [0.15, 0.2) is 24.4 Å². The Morgan fingerprint density at radius 1 is 1.52 bits per heavy atom. The minimum atomic E-state index is -0.399. The van der Waals surface area contributed by atoms with Crippen molar-refractivity contribution in [3.05, 3.63) is 30.1 Å². The predicted molar refractivity (Wildman–Crippen MR) is 82.2 cm³/mol. The van der Waals surface area contributed by atoms with Gasteiger partial charge in [0.05, 0.1) is 12.5 Å². The molecule has 0 radical (unpaired) electrons. The molecule has 116 valence electrons. The van der Waals surface area contributed by atoms with Gasteiger partial charge in [-0.15, -0.1) is 12.4 Å².